The van der Waals surface area contributed by atoms with Crippen molar-refractivity contribution in [2.45, 2.75) is 129 Å². The highest BCUT2D eigenvalue weighted by atomic mass is 16.3. The lowest BCUT2D eigenvalue weighted by atomic mass is 9.72. The van der Waals surface area contributed by atoms with Crippen molar-refractivity contribution in [2.24, 2.45) is 0 Å². The summed E-state index contributed by atoms with van der Waals surface area (Å²) in [6.07, 6.45) is 18.9. The average molecular weight is 451 g/mol. The molecule has 0 saturated carbocycles. The lowest BCUT2D eigenvalue weighted by molar-refractivity contribution is 0.448. The van der Waals surface area contributed by atoms with Crippen LogP contribution >= 0.6 is 0 Å². The SMILES string of the molecule is CCCCCCCCCC(CCCCCCC)c1ccccc1C(C)(C)c1ccccc1O. The molecule has 0 fully saturated rings. The van der Waals surface area contributed by atoms with Crippen LogP contribution in [-0.4, -0.2) is 5.11 Å². The van der Waals surface area contributed by atoms with Crippen molar-refractivity contribution in [3.63, 3.8) is 0 Å². The molecular weight excluding hydrogens is 400 g/mol. The molecule has 0 heterocycles. The summed E-state index contributed by atoms with van der Waals surface area (Å²) >= 11 is 0. The fourth-order valence-corrected chi connectivity index (χ4v) is 5.37. The highest BCUT2D eigenvalue weighted by Gasteiger charge is 2.30. The Balaban J connectivity index is 2.16. The smallest absolute Gasteiger partial charge is 0.119 e. The summed E-state index contributed by atoms with van der Waals surface area (Å²) in [5, 5.41) is 10.6. The number of phenolic OH excluding ortho intramolecular Hbond substituents is 1. The standard InChI is InChI=1S/C32H50O/c1-5-7-9-11-12-14-16-22-27(21-15-13-10-8-6-2)28-23-17-18-24-29(28)32(3,4)30-25-19-20-26-31(30)33/h17-20,23-27,33H,5-16,21-22H2,1-4H3. The second kappa shape index (κ2) is 15.2. The van der Waals surface area contributed by atoms with Crippen LogP contribution in [0, 0.1) is 0 Å². The first-order valence-corrected chi connectivity index (χ1v) is 13.9. The van der Waals surface area contributed by atoms with Crippen molar-refractivity contribution in [2.75, 3.05) is 0 Å². The fourth-order valence-electron chi connectivity index (χ4n) is 5.37. The molecule has 0 aliphatic rings. The summed E-state index contributed by atoms with van der Waals surface area (Å²) in [4.78, 5) is 0. The maximum atomic E-state index is 10.6. The first-order valence-electron chi connectivity index (χ1n) is 13.9. The molecule has 0 amide bonds. The Morgan fingerprint density at radius 2 is 1.06 bits per heavy atom. The van der Waals surface area contributed by atoms with Gasteiger partial charge in [-0.05, 0) is 36.0 Å². The van der Waals surface area contributed by atoms with Crippen molar-refractivity contribution in [1.29, 1.82) is 0 Å². The summed E-state index contributed by atoms with van der Waals surface area (Å²) in [7, 11) is 0. The van der Waals surface area contributed by atoms with Gasteiger partial charge < -0.3 is 5.11 Å². The third-order valence-electron chi connectivity index (χ3n) is 7.46. The molecule has 0 radical (unpaired) electrons. The number of phenols is 1. The van der Waals surface area contributed by atoms with Crippen LogP contribution in [0.25, 0.3) is 0 Å². The summed E-state index contributed by atoms with van der Waals surface area (Å²) in [5.74, 6) is 1.02. The van der Waals surface area contributed by atoms with Gasteiger partial charge in [0, 0.05) is 11.0 Å². The molecule has 1 N–H and O–H groups in total. The molecule has 1 nitrogen and oxygen atoms in total. The molecule has 184 valence electrons. The third-order valence-corrected chi connectivity index (χ3v) is 7.46. The van der Waals surface area contributed by atoms with Crippen LogP contribution in [0.2, 0.25) is 0 Å². The summed E-state index contributed by atoms with van der Waals surface area (Å²) in [6, 6.07) is 16.9. The van der Waals surface area contributed by atoms with Gasteiger partial charge in [-0.25, -0.2) is 0 Å². The van der Waals surface area contributed by atoms with E-state index < -0.39 is 0 Å². The molecule has 0 aromatic heterocycles. The lowest BCUT2D eigenvalue weighted by Crippen LogP contribution is -2.22. The van der Waals surface area contributed by atoms with Crippen molar-refractivity contribution in [1.82, 2.24) is 0 Å². The number of unbranched alkanes of at least 4 members (excludes halogenated alkanes) is 10. The predicted octanol–water partition coefficient (Wildman–Crippen LogP) is 10.3. The molecule has 2 aromatic carbocycles. The molecule has 1 atom stereocenters. The van der Waals surface area contributed by atoms with E-state index in [4.69, 9.17) is 0 Å². The number of para-hydroxylation sites is 1. The van der Waals surface area contributed by atoms with Gasteiger partial charge in [0.25, 0.3) is 0 Å². The minimum absolute atomic E-state index is 0.220. The van der Waals surface area contributed by atoms with Crippen LogP contribution in [0.15, 0.2) is 48.5 Å². The van der Waals surface area contributed by atoms with Crippen LogP contribution in [0.3, 0.4) is 0 Å². The quantitative estimate of drug-likeness (QED) is 0.238. The van der Waals surface area contributed by atoms with Gasteiger partial charge in [-0.15, -0.1) is 0 Å². The molecule has 0 spiro atoms. The van der Waals surface area contributed by atoms with Gasteiger partial charge in [-0.1, -0.05) is 147 Å². The first-order chi connectivity index (χ1) is 16.0. The minimum atomic E-state index is -0.220. The van der Waals surface area contributed by atoms with Crippen molar-refractivity contribution in [3.05, 3.63) is 65.2 Å². The molecule has 0 saturated heterocycles. The maximum Gasteiger partial charge on any atom is 0.119 e. The van der Waals surface area contributed by atoms with E-state index in [1.165, 1.54) is 101 Å². The zero-order valence-corrected chi connectivity index (χ0v) is 22.0. The van der Waals surface area contributed by atoms with Gasteiger partial charge >= 0.3 is 0 Å². The zero-order chi connectivity index (χ0) is 23.9. The highest BCUT2D eigenvalue weighted by Crippen LogP contribution is 2.42. The largest absolute Gasteiger partial charge is 0.508 e. The number of hydrogen-bond donors (Lipinski definition) is 1. The van der Waals surface area contributed by atoms with Crippen molar-refractivity contribution >= 4 is 0 Å². The van der Waals surface area contributed by atoms with E-state index in [9.17, 15) is 5.11 Å². The molecule has 0 aliphatic carbocycles. The van der Waals surface area contributed by atoms with Crippen LogP contribution in [0.1, 0.15) is 140 Å². The van der Waals surface area contributed by atoms with Gasteiger partial charge in [0.1, 0.15) is 5.75 Å². The normalized spacial score (nSPS) is 12.7. The van der Waals surface area contributed by atoms with Gasteiger partial charge in [0.2, 0.25) is 0 Å². The number of hydrogen-bond acceptors (Lipinski definition) is 1. The molecule has 1 heteroatoms. The molecular formula is C32H50O. The van der Waals surface area contributed by atoms with E-state index in [0.717, 1.165) is 5.56 Å². The van der Waals surface area contributed by atoms with Gasteiger partial charge in [0.05, 0.1) is 0 Å². The van der Waals surface area contributed by atoms with E-state index in [1.807, 2.05) is 18.2 Å². The Morgan fingerprint density at radius 3 is 1.61 bits per heavy atom. The summed E-state index contributed by atoms with van der Waals surface area (Å²) in [5.41, 5.74) is 3.69. The van der Waals surface area contributed by atoms with Gasteiger partial charge in [0.15, 0.2) is 0 Å². The third kappa shape index (κ3) is 8.84. The highest BCUT2D eigenvalue weighted by molar-refractivity contribution is 5.48. The van der Waals surface area contributed by atoms with E-state index in [1.54, 1.807) is 0 Å². The summed E-state index contributed by atoms with van der Waals surface area (Å²) < 4.78 is 0. The maximum absolute atomic E-state index is 10.6. The molecule has 0 aliphatic heterocycles. The van der Waals surface area contributed by atoms with E-state index in [0.29, 0.717) is 11.7 Å². The second-order valence-electron chi connectivity index (χ2n) is 10.5. The average Bonchev–Trinajstić information content (AvgIpc) is 2.82. The Kier molecular flexibility index (Phi) is 12.7. The Morgan fingerprint density at radius 1 is 0.606 bits per heavy atom. The predicted molar refractivity (Wildman–Crippen MR) is 145 cm³/mol. The van der Waals surface area contributed by atoms with E-state index in [2.05, 4.69) is 58.0 Å². The second-order valence-corrected chi connectivity index (χ2v) is 10.5. The number of aromatic hydroxyl groups is 1. The Hall–Kier alpha value is -1.76. The lowest BCUT2D eigenvalue weighted by Gasteiger charge is -2.32. The fraction of sp³-hybridized carbons (Fsp3) is 0.625. The van der Waals surface area contributed by atoms with Crippen molar-refractivity contribution in [3.8, 4) is 5.75 Å². The van der Waals surface area contributed by atoms with E-state index >= 15 is 0 Å². The first kappa shape index (κ1) is 27.5. The number of benzene rings is 2. The molecule has 0 bridgehead atoms. The van der Waals surface area contributed by atoms with Gasteiger partial charge in [-0.3, -0.25) is 0 Å². The monoisotopic (exact) mass is 450 g/mol. The van der Waals surface area contributed by atoms with Crippen LogP contribution in [-0.2, 0) is 5.41 Å². The van der Waals surface area contributed by atoms with E-state index in [-0.39, 0.29) is 5.41 Å². The molecule has 33 heavy (non-hydrogen) atoms. The zero-order valence-electron chi connectivity index (χ0n) is 22.0. The molecule has 1 unspecified atom stereocenters. The van der Waals surface area contributed by atoms with Crippen LogP contribution in [0.4, 0.5) is 0 Å². The Labute approximate surface area is 205 Å². The molecule has 2 rings (SSSR count). The summed E-state index contributed by atoms with van der Waals surface area (Å²) in [6.45, 7) is 9.12. The van der Waals surface area contributed by atoms with Gasteiger partial charge in [-0.2, -0.15) is 0 Å². The van der Waals surface area contributed by atoms with Crippen LogP contribution in [0.5, 0.6) is 5.75 Å². The van der Waals surface area contributed by atoms with Crippen molar-refractivity contribution < 1.29 is 5.11 Å². The number of rotatable bonds is 17. The van der Waals surface area contributed by atoms with Crippen LogP contribution < -0.4 is 0 Å². The minimum Gasteiger partial charge on any atom is -0.508 e. The molecule has 2 aromatic rings. The topological polar surface area (TPSA) is 20.2 Å². The Bertz CT molecular complexity index is 776.